The number of anilines is 1. The molecule has 4 heterocycles. The van der Waals surface area contributed by atoms with Crippen LogP contribution in [0.5, 0.6) is 0 Å². The number of hydrogen-bond donors (Lipinski definition) is 1. The van der Waals surface area contributed by atoms with Crippen molar-refractivity contribution >= 4 is 29.2 Å². The number of aromatic nitrogens is 1. The molecule has 2 fully saturated rings. The molecule has 3 aliphatic rings. The maximum Gasteiger partial charge on any atom is 0.255 e. The van der Waals surface area contributed by atoms with Gasteiger partial charge in [-0.3, -0.25) is 24.6 Å². The zero-order valence-corrected chi connectivity index (χ0v) is 18.9. The van der Waals surface area contributed by atoms with Gasteiger partial charge in [0.05, 0.1) is 13.2 Å². The van der Waals surface area contributed by atoms with Gasteiger partial charge in [0, 0.05) is 62.5 Å². The highest BCUT2D eigenvalue weighted by molar-refractivity contribution is 6.06. The van der Waals surface area contributed by atoms with Gasteiger partial charge in [0.15, 0.2) is 0 Å². The van der Waals surface area contributed by atoms with Crippen LogP contribution < -0.4 is 10.2 Å². The van der Waals surface area contributed by atoms with E-state index in [0.717, 1.165) is 30.8 Å². The molecule has 34 heavy (non-hydrogen) atoms. The molecule has 0 radical (unpaired) electrons. The lowest BCUT2D eigenvalue weighted by Crippen LogP contribution is -2.52. The molecule has 3 amide bonds. The molecule has 176 valence electrons. The summed E-state index contributed by atoms with van der Waals surface area (Å²) in [6.07, 6.45) is 2.42. The van der Waals surface area contributed by atoms with E-state index in [0.29, 0.717) is 24.6 Å². The molecule has 0 aliphatic carbocycles. The first-order valence-corrected chi connectivity index (χ1v) is 11.3. The van der Waals surface area contributed by atoms with E-state index in [-0.39, 0.29) is 36.8 Å². The third kappa shape index (κ3) is 3.92. The Labute approximate surface area is 196 Å². The lowest BCUT2D eigenvalue weighted by atomic mass is 10.0. The maximum atomic E-state index is 14.5. The zero-order chi connectivity index (χ0) is 24.0. The number of nitrogens with zero attached hydrogens (tertiary/aromatic N) is 5. The number of nitrogens with one attached hydrogen (secondary N) is 1. The van der Waals surface area contributed by atoms with Crippen LogP contribution in [0.4, 0.5) is 15.9 Å². The summed E-state index contributed by atoms with van der Waals surface area (Å²) in [5.41, 5.74) is 2.79. The van der Waals surface area contributed by atoms with Gasteiger partial charge >= 0.3 is 0 Å². The monoisotopic (exact) mass is 464 g/mol. The van der Waals surface area contributed by atoms with Gasteiger partial charge in [0.1, 0.15) is 11.9 Å². The summed E-state index contributed by atoms with van der Waals surface area (Å²) in [6, 6.07) is 3.88. The van der Waals surface area contributed by atoms with E-state index >= 15 is 0 Å². The molecule has 0 bridgehead atoms. The van der Waals surface area contributed by atoms with Gasteiger partial charge in [-0.2, -0.15) is 0 Å². The predicted octanol–water partition coefficient (Wildman–Crippen LogP) is 1.80. The van der Waals surface area contributed by atoms with Crippen LogP contribution in [0.25, 0.3) is 4.85 Å². The molecule has 5 rings (SSSR count). The Morgan fingerprint density at radius 3 is 2.59 bits per heavy atom. The van der Waals surface area contributed by atoms with Gasteiger partial charge in [-0.15, -0.1) is 0 Å². The molecule has 0 saturated carbocycles. The third-order valence-electron chi connectivity index (χ3n) is 6.87. The number of piperidine rings is 1. The largest absolute Gasteiger partial charge is 0.369 e. The number of halogens is 1. The van der Waals surface area contributed by atoms with Crippen molar-refractivity contribution in [1.82, 2.24) is 19.7 Å². The summed E-state index contributed by atoms with van der Waals surface area (Å²) in [7, 11) is 1.86. The van der Waals surface area contributed by atoms with E-state index in [4.69, 9.17) is 6.57 Å². The number of carbonyl (C=O) groups is 3. The van der Waals surface area contributed by atoms with Crippen LogP contribution in [-0.2, 0) is 29.7 Å². The summed E-state index contributed by atoms with van der Waals surface area (Å²) in [4.78, 5) is 46.3. The number of fused-ring (bicyclic) bond motifs is 1. The molecule has 9 nitrogen and oxygen atoms in total. The maximum absolute atomic E-state index is 14.5. The average molecular weight is 465 g/mol. The number of amides is 3. The Balaban J connectivity index is 1.30. The highest BCUT2D eigenvalue weighted by Crippen LogP contribution is 2.35. The second-order valence-electron chi connectivity index (χ2n) is 9.04. The normalized spacial score (nSPS) is 21.0. The zero-order valence-electron chi connectivity index (χ0n) is 18.9. The molecule has 1 N–H and O–H groups in total. The molecule has 2 aromatic rings. The Morgan fingerprint density at radius 1 is 1.15 bits per heavy atom. The molecule has 1 unspecified atom stereocenters. The smallest absolute Gasteiger partial charge is 0.255 e. The Bertz CT molecular complexity index is 1220. The number of piperazine rings is 1. The quantitative estimate of drug-likeness (QED) is 0.551. The summed E-state index contributed by atoms with van der Waals surface area (Å²) in [6.45, 7) is 11.0. The molecule has 3 aliphatic heterocycles. The Morgan fingerprint density at radius 2 is 1.91 bits per heavy atom. The Hall–Kier alpha value is -3.71. The second kappa shape index (κ2) is 8.57. The van der Waals surface area contributed by atoms with Crippen molar-refractivity contribution in [2.45, 2.75) is 32.0 Å². The van der Waals surface area contributed by atoms with Gasteiger partial charge in [-0.05, 0) is 30.2 Å². The minimum Gasteiger partial charge on any atom is -0.369 e. The van der Waals surface area contributed by atoms with E-state index in [9.17, 15) is 18.8 Å². The molecule has 1 atom stereocenters. The SMILES string of the molecule is [C-]#[N+]c1cc(CN2CCN(c3cc(F)cc4c3CN(C3CCC(=O)NC3=O)C4=O)CC2)cn1C. The molecule has 2 saturated heterocycles. The van der Waals surface area contributed by atoms with E-state index < -0.39 is 17.8 Å². The average Bonchev–Trinajstić information content (AvgIpc) is 3.33. The van der Waals surface area contributed by atoms with Crippen molar-refractivity contribution < 1.29 is 18.8 Å². The molecule has 10 heteroatoms. The summed E-state index contributed by atoms with van der Waals surface area (Å²) < 4.78 is 16.3. The van der Waals surface area contributed by atoms with Crippen LogP contribution in [0.3, 0.4) is 0 Å². The van der Waals surface area contributed by atoms with Crippen LogP contribution in [0.2, 0.25) is 0 Å². The number of rotatable bonds is 4. The number of carbonyl (C=O) groups excluding carboxylic acids is 3. The first-order valence-electron chi connectivity index (χ1n) is 11.3. The van der Waals surface area contributed by atoms with Crippen LogP contribution >= 0.6 is 0 Å². The van der Waals surface area contributed by atoms with Gasteiger partial charge in [-0.25, -0.2) is 4.39 Å². The van der Waals surface area contributed by atoms with E-state index in [1.807, 2.05) is 23.9 Å². The van der Waals surface area contributed by atoms with Crippen molar-refractivity contribution in [1.29, 1.82) is 0 Å². The molecule has 0 spiro atoms. The number of hydrogen-bond acceptors (Lipinski definition) is 5. The van der Waals surface area contributed by atoms with E-state index in [1.165, 1.54) is 17.0 Å². The third-order valence-corrected chi connectivity index (χ3v) is 6.87. The summed E-state index contributed by atoms with van der Waals surface area (Å²) >= 11 is 0. The van der Waals surface area contributed by atoms with Crippen molar-refractivity contribution in [3.05, 3.63) is 58.3 Å². The first-order chi connectivity index (χ1) is 16.3. The van der Waals surface area contributed by atoms with Gasteiger partial charge < -0.3 is 19.2 Å². The van der Waals surface area contributed by atoms with Crippen LogP contribution in [0, 0.1) is 12.4 Å². The molecular formula is C24H25FN6O3. The fourth-order valence-corrected chi connectivity index (χ4v) is 5.11. The van der Waals surface area contributed by atoms with Gasteiger partial charge in [0.25, 0.3) is 5.91 Å². The first kappa shape index (κ1) is 22.1. The summed E-state index contributed by atoms with van der Waals surface area (Å²) in [5, 5.41) is 2.30. The fourth-order valence-electron chi connectivity index (χ4n) is 5.11. The lowest BCUT2D eigenvalue weighted by molar-refractivity contribution is -0.136. The van der Waals surface area contributed by atoms with Crippen LogP contribution in [0.15, 0.2) is 24.4 Å². The van der Waals surface area contributed by atoms with Crippen LogP contribution in [-0.4, -0.2) is 64.3 Å². The second-order valence-corrected chi connectivity index (χ2v) is 9.04. The number of imide groups is 1. The molecular weight excluding hydrogens is 439 g/mol. The highest BCUT2D eigenvalue weighted by Gasteiger charge is 2.41. The molecule has 1 aromatic carbocycles. The van der Waals surface area contributed by atoms with Crippen molar-refractivity contribution in [3.8, 4) is 0 Å². The topological polar surface area (TPSA) is 82.2 Å². The number of benzene rings is 1. The van der Waals surface area contributed by atoms with Crippen molar-refractivity contribution in [2.24, 2.45) is 7.05 Å². The van der Waals surface area contributed by atoms with Gasteiger partial charge in [-0.1, -0.05) is 6.57 Å². The highest BCUT2D eigenvalue weighted by atomic mass is 19.1. The fraction of sp³-hybridized carbons (Fsp3) is 0.417. The van der Waals surface area contributed by atoms with Crippen LogP contribution in [0.1, 0.15) is 34.3 Å². The standard InChI is InChI=1S/C24H25FN6O3/c1-26-21-9-15(12-28(21)2)13-29-5-7-30(8-6-29)20-11-16(25)10-17-18(20)14-31(24(17)34)19-3-4-22(32)27-23(19)33/h9-12,19H,3-8,13-14H2,2H3,(H,27,32,33). The number of aryl methyl sites for hydroxylation is 1. The lowest BCUT2D eigenvalue weighted by Gasteiger charge is -2.37. The van der Waals surface area contributed by atoms with E-state index in [2.05, 4.69) is 20.0 Å². The molecule has 1 aromatic heterocycles. The van der Waals surface area contributed by atoms with Gasteiger partial charge in [0.2, 0.25) is 17.6 Å². The van der Waals surface area contributed by atoms with E-state index in [1.54, 1.807) is 0 Å². The minimum atomic E-state index is -0.725. The summed E-state index contributed by atoms with van der Waals surface area (Å²) in [5.74, 6) is -1.06. The Kier molecular flexibility index (Phi) is 5.57. The van der Waals surface area contributed by atoms with Crippen molar-refractivity contribution in [3.63, 3.8) is 0 Å². The predicted molar refractivity (Wildman–Crippen MR) is 122 cm³/mol. The minimum absolute atomic E-state index is 0.179. The van der Waals surface area contributed by atoms with Crippen molar-refractivity contribution in [2.75, 3.05) is 31.1 Å².